The molecule has 1 aromatic heterocycles. The number of hydrogen-bond donors (Lipinski definition) is 0. The summed E-state index contributed by atoms with van der Waals surface area (Å²) in [7, 11) is 2.38. The van der Waals surface area contributed by atoms with Gasteiger partial charge in [-0.25, -0.2) is 0 Å². The molecule has 0 spiro atoms. The summed E-state index contributed by atoms with van der Waals surface area (Å²) in [5, 5.41) is 0.424. The van der Waals surface area contributed by atoms with Crippen molar-refractivity contribution in [1.29, 1.82) is 0 Å². The summed E-state index contributed by atoms with van der Waals surface area (Å²) in [5.74, 6) is -2.82. The molecule has 0 aliphatic carbocycles. The molecule has 1 heterocycles. The molecule has 1 aromatic carbocycles. The molecule has 0 aliphatic rings. The Morgan fingerprint density at radius 3 is 2.04 bits per heavy atom. The van der Waals surface area contributed by atoms with E-state index in [4.69, 9.17) is 23.2 Å². The number of rotatable bonds is 7. The smallest absolute Gasteiger partial charge is 0.320 e. The van der Waals surface area contributed by atoms with Gasteiger partial charge in [0.1, 0.15) is 5.15 Å². The van der Waals surface area contributed by atoms with Crippen molar-refractivity contribution in [3.8, 4) is 0 Å². The van der Waals surface area contributed by atoms with Gasteiger partial charge in [0.2, 0.25) is 5.78 Å². The van der Waals surface area contributed by atoms with Gasteiger partial charge in [-0.05, 0) is 25.8 Å². The van der Waals surface area contributed by atoms with Crippen LogP contribution < -0.4 is 0 Å². The van der Waals surface area contributed by atoms with Crippen molar-refractivity contribution in [2.45, 2.75) is 26.8 Å². The summed E-state index contributed by atoms with van der Waals surface area (Å²) in [6.07, 6.45) is 0.0394. The largest absolute Gasteiger partial charge is 0.468 e. The second kappa shape index (κ2) is 9.26. The number of benzene rings is 1. The third kappa shape index (κ3) is 4.39. The van der Waals surface area contributed by atoms with E-state index in [0.717, 1.165) is 5.56 Å². The average molecular weight is 426 g/mol. The summed E-state index contributed by atoms with van der Waals surface area (Å²) in [4.78, 5) is 36.9. The number of methoxy groups -OCH3 is 2. The van der Waals surface area contributed by atoms with Crippen LogP contribution in [-0.2, 0) is 25.6 Å². The average Bonchev–Trinajstić information content (AvgIpc) is 2.91. The minimum absolute atomic E-state index is 0.0394. The Kier molecular flexibility index (Phi) is 7.27. The Bertz CT molecular complexity index is 886. The van der Waals surface area contributed by atoms with Gasteiger partial charge >= 0.3 is 11.9 Å². The van der Waals surface area contributed by atoms with Crippen LogP contribution >= 0.6 is 23.2 Å². The summed E-state index contributed by atoms with van der Waals surface area (Å²) in [6.45, 7) is 3.73. The van der Waals surface area contributed by atoms with Crippen molar-refractivity contribution in [3.63, 3.8) is 0 Å². The molecule has 0 unspecified atom stereocenters. The van der Waals surface area contributed by atoms with Gasteiger partial charge < -0.3 is 14.0 Å². The Labute approximate surface area is 173 Å². The molecule has 2 rings (SSSR count). The van der Waals surface area contributed by atoms with Gasteiger partial charge in [0, 0.05) is 12.1 Å². The molecule has 0 radical (unpaired) electrons. The maximum atomic E-state index is 13.1. The third-order valence-electron chi connectivity index (χ3n) is 4.51. The Morgan fingerprint density at radius 1 is 1.00 bits per heavy atom. The van der Waals surface area contributed by atoms with Crippen LogP contribution in [-0.4, -0.2) is 36.5 Å². The van der Waals surface area contributed by atoms with E-state index in [2.05, 4.69) is 9.47 Å². The number of nitrogens with zero attached hydrogens (tertiary/aromatic N) is 1. The highest BCUT2D eigenvalue weighted by Crippen LogP contribution is 2.33. The molecule has 2 aromatic rings. The maximum absolute atomic E-state index is 13.1. The lowest BCUT2D eigenvalue weighted by atomic mass is 10.0. The number of halogens is 2. The summed E-state index contributed by atoms with van der Waals surface area (Å²) < 4.78 is 10.8. The molecular formula is C20H21Cl2NO5. The third-order valence-corrected chi connectivity index (χ3v) is 5.47. The van der Waals surface area contributed by atoms with Crippen LogP contribution in [0.5, 0.6) is 0 Å². The van der Waals surface area contributed by atoms with Crippen LogP contribution in [0, 0.1) is 19.8 Å². The lowest BCUT2D eigenvalue weighted by Crippen LogP contribution is -2.28. The van der Waals surface area contributed by atoms with Crippen LogP contribution in [0.15, 0.2) is 24.3 Å². The lowest BCUT2D eigenvalue weighted by molar-refractivity contribution is -0.159. The number of hydrogen-bond acceptors (Lipinski definition) is 5. The quantitative estimate of drug-likeness (QED) is 0.380. The van der Waals surface area contributed by atoms with Gasteiger partial charge in [0.25, 0.3) is 0 Å². The Hall–Kier alpha value is -2.31. The number of esters is 2. The molecule has 0 bridgehead atoms. The molecular weight excluding hydrogens is 405 g/mol. The number of ether oxygens (including phenoxy) is 2. The topological polar surface area (TPSA) is 74.6 Å². The Morgan fingerprint density at radius 2 is 1.54 bits per heavy atom. The summed E-state index contributed by atoms with van der Waals surface area (Å²) in [6, 6.07) is 7.12. The standard InChI is InChI=1S/C20H21Cl2NO5/c1-11-5-7-13(8-6-11)17(24)16-12(2)15(21)18(22)23(16)10-9-14(19(25)27-3)20(26)28-4/h5-8,14H,9-10H2,1-4H3. The second-order valence-electron chi connectivity index (χ2n) is 6.31. The number of ketones is 1. The van der Waals surface area contributed by atoms with Crippen molar-refractivity contribution in [2.75, 3.05) is 14.2 Å². The first-order valence-corrected chi connectivity index (χ1v) is 9.29. The summed E-state index contributed by atoms with van der Waals surface area (Å²) >= 11 is 12.6. The van der Waals surface area contributed by atoms with Gasteiger partial charge in [-0.1, -0.05) is 53.0 Å². The van der Waals surface area contributed by atoms with E-state index >= 15 is 0 Å². The first kappa shape index (κ1) is 22.0. The zero-order valence-electron chi connectivity index (χ0n) is 16.0. The van der Waals surface area contributed by atoms with Crippen molar-refractivity contribution < 1.29 is 23.9 Å². The van der Waals surface area contributed by atoms with Gasteiger partial charge in [-0.15, -0.1) is 0 Å². The predicted molar refractivity (Wildman–Crippen MR) is 106 cm³/mol. The van der Waals surface area contributed by atoms with E-state index in [-0.39, 0.29) is 28.9 Å². The molecule has 150 valence electrons. The monoisotopic (exact) mass is 425 g/mol. The molecule has 8 heteroatoms. The molecule has 0 aliphatic heterocycles. The molecule has 0 atom stereocenters. The predicted octanol–water partition coefficient (Wildman–Crippen LogP) is 4.00. The van der Waals surface area contributed by atoms with E-state index in [1.54, 1.807) is 19.1 Å². The minimum Gasteiger partial charge on any atom is -0.468 e. The van der Waals surface area contributed by atoms with E-state index in [9.17, 15) is 14.4 Å². The van der Waals surface area contributed by atoms with Gasteiger partial charge in [-0.2, -0.15) is 0 Å². The maximum Gasteiger partial charge on any atom is 0.320 e. The van der Waals surface area contributed by atoms with Crippen molar-refractivity contribution in [1.82, 2.24) is 4.57 Å². The number of carbonyl (C=O) groups is 3. The highest BCUT2D eigenvalue weighted by molar-refractivity contribution is 6.42. The highest BCUT2D eigenvalue weighted by atomic mass is 35.5. The molecule has 0 amide bonds. The summed E-state index contributed by atoms with van der Waals surface area (Å²) in [5.41, 5.74) is 2.36. The van der Waals surface area contributed by atoms with Crippen LogP contribution in [0.1, 0.15) is 33.6 Å². The number of aromatic nitrogens is 1. The fraction of sp³-hybridized carbons (Fsp3) is 0.350. The number of carbonyl (C=O) groups excluding carboxylic acids is 3. The first-order valence-electron chi connectivity index (χ1n) is 8.54. The lowest BCUT2D eigenvalue weighted by Gasteiger charge is -2.15. The van der Waals surface area contributed by atoms with Gasteiger partial charge in [-0.3, -0.25) is 14.4 Å². The molecule has 0 saturated heterocycles. The number of aryl methyl sites for hydroxylation is 1. The van der Waals surface area contributed by atoms with Gasteiger partial charge in [0.05, 0.1) is 24.9 Å². The van der Waals surface area contributed by atoms with Crippen molar-refractivity contribution in [2.24, 2.45) is 5.92 Å². The molecule has 28 heavy (non-hydrogen) atoms. The van der Waals surface area contributed by atoms with Crippen LogP contribution in [0.4, 0.5) is 0 Å². The Balaban J connectivity index is 2.40. The molecule has 0 N–H and O–H groups in total. The van der Waals surface area contributed by atoms with Gasteiger partial charge in [0.15, 0.2) is 5.92 Å². The second-order valence-corrected chi connectivity index (χ2v) is 7.05. The molecule has 0 fully saturated rings. The first-order chi connectivity index (χ1) is 13.2. The van der Waals surface area contributed by atoms with Crippen LogP contribution in [0.25, 0.3) is 0 Å². The zero-order valence-corrected chi connectivity index (χ0v) is 17.6. The van der Waals surface area contributed by atoms with Crippen molar-refractivity contribution >= 4 is 40.9 Å². The van der Waals surface area contributed by atoms with Crippen LogP contribution in [0.3, 0.4) is 0 Å². The van der Waals surface area contributed by atoms with Crippen molar-refractivity contribution in [3.05, 3.63) is 56.8 Å². The fourth-order valence-corrected chi connectivity index (χ4v) is 3.40. The fourth-order valence-electron chi connectivity index (χ4n) is 2.90. The SMILES string of the molecule is COC(=O)C(CCn1c(Cl)c(Cl)c(C)c1C(=O)c1ccc(C)cc1)C(=O)OC. The highest BCUT2D eigenvalue weighted by Gasteiger charge is 2.30. The molecule has 6 nitrogen and oxygen atoms in total. The zero-order chi connectivity index (χ0) is 21.0. The van der Waals surface area contributed by atoms with E-state index < -0.39 is 17.9 Å². The van der Waals surface area contributed by atoms with E-state index in [0.29, 0.717) is 16.8 Å². The van der Waals surface area contributed by atoms with E-state index in [1.807, 2.05) is 19.1 Å². The van der Waals surface area contributed by atoms with Crippen LogP contribution in [0.2, 0.25) is 10.2 Å². The van der Waals surface area contributed by atoms with E-state index in [1.165, 1.54) is 18.8 Å². The molecule has 0 saturated carbocycles. The normalized spacial score (nSPS) is 10.8. The minimum atomic E-state index is -1.13.